The molecule has 2 aromatic carbocycles. The van der Waals surface area contributed by atoms with Gasteiger partial charge in [0.2, 0.25) is 0 Å². The highest BCUT2D eigenvalue weighted by molar-refractivity contribution is 9.10. The number of sulfonamides is 1. The largest absolute Gasteiger partial charge is 0.488 e. The van der Waals surface area contributed by atoms with Crippen molar-refractivity contribution in [1.29, 1.82) is 0 Å². The van der Waals surface area contributed by atoms with Gasteiger partial charge in [0, 0.05) is 7.05 Å². The number of ether oxygens (including phenoxy) is 2. The molecule has 122 valence electrons. The number of epoxide rings is 1. The summed E-state index contributed by atoms with van der Waals surface area (Å²) in [7, 11) is -2.21. The van der Waals surface area contributed by atoms with Crippen LogP contribution in [0.2, 0.25) is 0 Å². The summed E-state index contributed by atoms with van der Waals surface area (Å²) in [4.78, 5) is 0.124. The molecule has 1 fully saturated rings. The van der Waals surface area contributed by atoms with Gasteiger partial charge in [-0.1, -0.05) is 24.3 Å². The maximum atomic E-state index is 13.0. The van der Waals surface area contributed by atoms with E-state index < -0.39 is 10.0 Å². The van der Waals surface area contributed by atoms with Crippen LogP contribution in [0.1, 0.15) is 0 Å². The lowest BCUT2D eigenvalue weighted by Gasteiger charge is -2.21. The van der Waals surface area contributed by atoms with Crippen LogP contribution in [0.3, 0.4) is 0 Å². The Balaban J connectivity index is 1.97. The number of benzene rings is 2. The molecule has 0 aliphatic carbocycles. The molecule has 0 radical (unpaired) electrons. The Labute approximate surface area is 144 Å². The standard InChI is InChI=1S/C16H16BrNO4S/c1-18(12-6-3-2-4-7-12)23(19,20)15-9-5-8-14(17)16(15)22-11-13-10-21-13/h2-9,13H,10-11H2,1H3. The predicted octanol–water partition coefficient (Wildman–Crippen LogP) is 3.05. The second-order valence-electron chi connectivity index (χ2n) is 5.14. The van der Waals surface area contributed by atoms with Gasteiger partial charge < -0.3 is 9.47 Å². The second kappa shape index (κ2) is 6.51. The van der Waals surface area contributed by atoms with Crippen molar-refractivity contribution in [2.24, 2.45) is 0 Å². The normalized spacial score (nSPS) is 16.9. The Morgan fingerprint density at radius 2 is 1.91 bits per heavy atom. The second-order valence-corrected chi connectivity index (χ2v) is 7.93. The summed E-state index contributed by atoms with van der Waals surface area (Å²) in [5.74, 6) is 0.311. The number of halogens is 1. The molecule has 1 atom stereocenters. The molecule has 0 aromatic heterocycles. The third-order valence-electron chi connectivity index (χ3n) is 3.51. The molecule has 0 spiro atoms. The highest BCUT2D eigenvalue weighted by Crippen LogP contribution is 2.35. The van der Waals surface area contributed by atoms with Crippen LogP contribution in [-0.4, -0.2) is 34.8 Å². The quantitative estimate of drug-likeness (QED) is 0.702. The minimum absolute atomic E-state index is 0.0458. The molecule has 1 aliphatic heterocycles. The average molecular weight is 398 g/mol. The predicted molar refractivity (Wildman–Crippen MR) is 91.4 cm³/mol. The van der Waals surface area contributed by atoms with Gasteiger partial charge in [-0.25, -0.2) is 8.42 Å². The van der Waals surface area contributed by atoms with Crippen molar-refractivity contribution < 1.29 is 17.9 Å². The third kappa shape index (κ3) is 3.52. The van der Waals surface area contributed by atoms with E-state index in [0.717, 1.165) is 0 Å². The summed E-state index contributed by atoms with van der Waals surface area (Å²) in [5, 5.41) is 0. The van der Waals surface area contributed by atoms with Crippen LogP contribution in [0.15, 0.2) is 57.9 Å². The van der Waals surface area contributed by atoms with Gasteiger partial charge in [0.1, 0.15) is 17.6 Å². The van der Waals surface area contributed by atoms with Crippen LogP contribution in [0, 0.1) is 0 Å². The number of rotatable bonds is 6. The van der Waals surface area contributed by atoms with Crippen LogP contribution in [0.25, 0.3) is 0 Å². The smallest absolute Gasteiger partial charge is 0.267 e. The summed E-state index contributed by atoms with van der Waals surface area (Å²) in [6.07, 6.45) is 0.0458. The van der Waals surface area contributed by atoms with E-state index in [2.05, 4.69) is 15.9 Å². The lowest BCUT2D eigenvalue weighted by Crippen LogP contribution is -2.27. The Bertz CT molecular complexity index is 791. The lowest BCUT2D eigenvalue weighted by molar-refractivity contribution is 0.256. The third-order valence-corrected chi connectivity index (χ3v) is 5.94. The molecule has 1 heterocycles. The van der Waals surface area contributed by atoms with Crippen molar-refractivity contribution in [3.8, 4) is 5.75 Å². The molecule has 1 unspecified atom stereocenters. The first-order valence-corrected chi connectivity index (χ1v) is 9.30. The van der Waals surface area contributed by atoms with E-state index in [1.54, 1.807) is 42.5 Å². The fraction of sp³-hybridized carbons (Fsp3) is 0.250. The molecule has 1 saturated heterocycles. The van der Waals surface area contributed by atoms with Crippen LogP contribution >= 0.6 is 15.9 Å². The molecular weight excluding hydrogens is 382 g/mol. The van der Waals surface area contributed by atoms with Gasteiger partial charge in [-0.2, -0.15) is 0 Å². The lowest BCUT2D eigenvalue weighted by atomic mass is 10.3. The number of anilines is 1. The molecule has 3 rings (SSSR count). The highest BCUT2D eigenvalue weighted by Gasteiger charge is 2.29. The van der Waals surface area contributed by atoms with Crippen LogP contribution in [0.4, 0.5) is 5.69 Å². The van der Waals surface area contributed by atoms with E-state index in [9.17, 15) is 8.42 Å². The first-order chi connectivity index (χ1) is 11.0. The molecule has 5 nitrogen and oxygen atoms in total. The van der Waals surface area contributed by atoms with Gasteiger partial charge in [-0.15, -0.1) is 0 Å². The summed E-state index contributed by atoms with van der Waals surface area (Å²) >= 11 is 3.37. The molecule has 7 heteroatoms. The van der Waals surface area contributed by atoms with Crippen molar-refractivity contribution in [1.82, 2.24) is 0 Å². The van der Waals surface area contributed by atoms with E-state index in [1.165, 1.54) is 11.4 Å². The molecule has 0 bridgehead atoms. The zero-order chi connectivity index (χ0) is 16.4. The Morgan fingerprint density at radius 1 is 1.22 bits per heavy atom. The molecule has 23 heavy (non-hydrogen) atoms. The number of nitrogens with zero attached hydrogens (tertiary/aromatic N) is 1. The van der Waals surface area contributed by atoms with Crippen molar-refractivity contribution in [3.63, 3.8) is 0 Å². The minimum atomic E-state index is -3.74. The Kier molecular flexibility index (Phi) is 4.61. The van der Waals surface area contributed by atoms with Gasteiger partial charge in [0.15, 0.2) is 5.75 Å². The van der Waals surface area contributed by atoms with Crippen molar-refractivity contribution in [2.45, 2.75) is 11.0 Å². The van der Waals surface area contributed by atoms with Gasteiger partial charge in [-0.05, 0) is 40.2 Å². The number of para-hydroxylation sites is 2. The van der Waals surface area contributed by atoms with Crippen molar-refractivity contribution >= 4 is 31.6 Å². The molecule has 2 aromatic rings. The monoisotopic (exact) mass is 397 g/mol. The van der Waals surface area contributed by atoms with E-state index in [1.807, 2.05) is 6.07 Å². The fourth-order valence-electron chi connectivity index (χ4n) is 2.10. The van der Waals surface area contributed by atoms with Crippen LogP contribution in [0.5, 0.6) is 5.75 Å². The van der Waals surface area contributed by atoms with Crippen molar-refractivity contribution in [2.75, 3.05) is 24.6 Å². The Hall–Kier alpha value is -1.57. The number of hydrogen-bond donors (Lipinski definition) is 0. The zero-order valence-corrected chi connectivity index (χ0v) is 14.9. The molecular formula is C16H16BrNO4S. The molecule has 0 amide bonds. The molecule has 0 N–H and O–H groups in total. The van der Waals surface area contributed by atoms with Gasteiger partial charge in [0.25, 0.3) is 10.0 Å². The average Bonchev–Trinajstić information content (AvgIpc) is 3.38. The summed E-state index contributed by atoms with van der Waals surface area (Å²) in [5.41, 5.74) is 0.587. The first-order valence-electron chi connectivity index (χ1n) is 7.07. The zero-order valence-electron chi connectivity index (χ0n) is 12.5. The first kappa shape index (κ1) is 16.3. The summed E-state index contributed by atoms with van der Waals surface area (Å²) < 4.78 is 38.6. The summed E-state index contributed by atoms with van der Waals surface area (Å²) in [6, 6.07) is 13.9. The molecule has 1 aliphatic rings. The van der Waals surface area contributed by atoms with Crippen LogP contribution < -0.4 is 9.04 Å². The molecule has 0 saturated carbocycles. The van der Waals surface area contributed by atoms with Gasteiger partial charge >= 0.3 is 0 Å². The van der Waals surface area contributed by atoms with E-state index in [4.69, 9.17) is 9.47 Å². The minimum Gasteiger partial charge on any atom is -0.488 e. The maximum Gasteiger partial charge on any atom is 0.267 e. The number of hydrogen-bond acceptors (Lipinski definition) is 4. The van der Waals surface area contributed by atoms with Gasteiger partial charge in [0.05, 0.1) is 16.8 Å². The van der Waals surface area contributed by atoms with E-state index in [-0.39, 0.29) is 11.0 Å². The summed E-state index contributed by atoms with van der Waals surface area (Å²) in [6.45, 7) is 0.983. The van der Waals surface area contributed by atoms with Crippen molar-refractivity contribution in [3.05, 3.63) is 53.0 Å². The van der Waals surface area contributed by atoms with Gasteiger partial charge in [-0.3, -0.25) is 4.31 Å². The highest BCUT2D eigenvalue weighted by atomic mass is 79.9. The Morgan fingerprint density at radius 3 is 2.57 bits per heavy atom. The van der Waals surface area contributed by atoms with Crippen LogP contribution in [-0.2, 0) is 14.8 Å². The SMILES string of the molecule is CN(c1ccccc1)S(=O)(=O)c1cccc(Br)c1OCC1CO1. The fourth-order valence-corrected chi connectivity index (χ4v) is 4.06. The van der Waals surface area contributed by atoms with E-state index in [0.29, 0.717) is 29.1 Å². The van der Waals surface area contributed by atoms with E-state index >= 15 is 0 Å². The topological polar surface area (TPSA) is 59.1 Å². The maximum absolute atomic E-state index is 13.0.